The smallest absolute Gasteiger partial charge is 0.254 e. The average molecular weight is 250 g/mol. The first-order valence-corrected chi connectivity index (χ1v) is 6.26. The van der Waals surface area contributed by atoms with E-state index in [-0.39, 0.29) is 23.3 Å². The molecule has 1 aromatic carbocycles. The van der Waals surface area contributed by atoms with Crippen LogP contribution in [0, 0.1) is 5.82 Å². The Kier molecular flexibility index (Phi) is 3.39. The molecule has 4 heteroatoms. The van der Waals surface area contributed by atoms with Crippen molar-refractivity contribution >= 4 is 5.91 Å². The van der Waals surface area contributed by atoms with Gasteiger partial charge in [0.05, 0.1) is 5.54 Å². The van der Waals surface area contributed by atoms with Gasteiger partial charge in [-0.1, -0.05) is 0 Å². The maximum atomic E-state index is 12.9. The topological polar surface area (TPSA) is 46.3 Å². The fourth-order valence-electron chi connectivity index (χ4n) is 2.42. The molecule has 98 valence electrons. The second-order valence-corrected chi connectivity index (χ2v) is 5.37. The van der Waals surface area contributed by atoms with Crippen LogP contribution in [0.15, 0.2) is 24.3 Å². The molecule has 0 aliphatic carbocycles. The molecule has 1 aromatic rings. The lowest BCUT2D eigenvalue weighted by atomic mass is 9.85. The molecule has 1 amide bonds. The first kappa shape index (κ1) is 13.0. The third-order valence-electron chi connectivity index (χ3n) is 3.84. The highest BCUT2D eigenvalue weighted by molar-refractivity contribution is 5.94. The average Bonchev–Trinajstić information content (AvgIpc) is 2.33. The van der Waals surface area contributed by atoms with Crippen LogP contribution in [0.2, 0.25) is 0 Å². The number of piperidine rings is 1. The predicted molar refractivity (Wildman–Crippen MR) is 68.7 cm³/mol. The third kappa shape index (κ3) is 2.25. The summed E-state index contributed by atoms with van der Waals surface area (Å²) in [5.41, 5.74) is 6.24. The number of benzene rings is 1. The molecule has 0 saturated carbocycles. The number of amides is 1. The lowest BCUT2D eigenvalue weighted by Crippen LogP contribution is -2.61. The highest BCUT2D eigenvalue weighted by Gasteiger charge is 2.39. The number of hydrogen-bond donors (Lipinski definition) is 1. The van der Waals surface area contributed by atoms with E-state index in [0.717, 1.165) is 12.8 Å². The number of nitrogens with zero attached hydrogens (tertiary/aromatic N) is 1. The summed E-state index contributed by atoms with van der Waals surface area (Å²) in [6.07, 6.45) is 1.84. The quantitative estimate of drug-likeness (QED) is 0.830. The molecule has 2 rings (SSSR count). The van der Waals surface area contributed by atoms with Crippen LogP contribution in [-0.2, 0) is 0 Å². The summed E-state index contributed by atoms with van der Waals surface area (Å²) in [5.74, 6) is -0.406. The molecule has 1 aliphatic heterocycles. The van der Waals surface area contributed by atoms with Crippen LogP contribution in [0.4, 0.5) is 4.39 Å². The molecule has 18 heavy (non-hydrogen) atoms. The Morgan fingerprint density at radius 3 is 2.61 bits per heavy atom. The van der Waals surface area contributed by atoms with E-state index in [9.17, 15) is 9.18 Å². The van der Waals surface area contributed by atoms with E-state index in [1.807, 2.05) is 13.8 Å². The lowest BCUT2D eigenvalue weighted by molar-refractivity contribution is 0.0362. The van der Waals surface area contributed by atoms with Gasteiger partial charge in [-0.3, -0.25) is 4.79 Å². The van der Waals surface area contributed by atoms with Crippen molar-refractivity contribution < 1.29 is 9.18 Å². The first-order valence-electron chi connectivity index (χ1n) is 6.26. The summed E-state index contributed by atoms with van der Waals surface area (Å²) in [4.78, 5) is 14.2. The van der Waals surface area contributed by atoms with E-state index in [2.05, 4.69) is 0 Å². The van der Waals surface area contributed by atoms with Gasteiger partial charge in [-0.25, -0.2) is 4.39 Å². The SMILES string of the molecule is CC1(C)C(N)CCCN1C(=O)c1ccc(F)cc1. The molecule has 0 spiro atoms. The second-order valence-electron chi connectivity index (χ2n) is 5.37. The van der Waals surface area contributed by atoms with Crippen LogP contribution in [-0.4, -0.2) is 28.9 Å². The fourth-order valence-corrected chi connectivity index (χ4v) is 2.42. The van der Waals surface area contributed by atoms with Crippen LogP contribution in [0.25, 0.3) is 0 Å². The molecule has 3 nitrogen and oxygen atoms in total. The summed E-state index contributed by atoms with van der Waals surface area (Å²) in [6, 6.07) is 5.64. The first-order chi connectivity index (χ1) is 8.43. The Labute approximate surface area is 107 Å². The Balaban J connectivity index is 2.25. The van der Waals surface area contributed by atoms with Crippen LogP contribution in [0.3, 0.4) is 0 Å². The Morgan fingerprint density at radius 2 is 2.00 bits per heavy atom. The van der Waals surface area contributed by atoms with E-state index in [4.69, 9.17) is 5.73 Å². The Bertz CT molecular complexity index is 442. The van der Waals surface area contributed by atoms with Gasteiger partial charge in [0.15, 0.2) is 0 Å². The van der Waals surface area contributed by atoms with E-state index in [1.165, 1.54) is 24.3 Å². The van der Waals surface area contributed by atoms with E-state index >= 15 is 0 Å². The van der Waals surface area contributed by atoms with Crippen LogP contribution < -0.4 is 5.73 Å². The minimum atomic E-state index is -0.357. The molecular weight excluding hydrogens is 231 g/mol. The Hall–Kier alpha value is -1.42. The summed E-state index contributed by atoms with van der Waals surface area (Å²) in [5, 5.41) is 0. The monoisotopic (exact) mass is 250 g/mol. The van der Waals surface area contributed by atoms with Crippen molar-refractivity contribution in [2.24, 2.45) is 5.73 Å². The van der Waals surface area contributed by atoms with Crippen molar-refractivity contribution in [2.75, 3.05) is 6.54 Å². The number of hydrogen-bond acceptors (Lipinski definition) is 2. The molecule has 1 atom stereocenters. The van der Waals surface area contributed by atoms with Gasteiger partial charge in [0.1, 0.15) is 5.82 Å². The van der Waals surface area contributed by atoms with Crippen molar-refractivity contribution in [1.29, 1.82) is 0 Å². The number of halogens is 1. The number of nitrogens with two attached hydrogens (primary N) is 1. The molecule has 1 unspecified atom stereocenters. The number of rotatable bonds is 1. The van der Waals surface area contributed by atoms with Gasteiger partial charge in [-0.05, 0) is 51.0 Å². The van der Waals surface area contributed by atoms with Crippen LogP contribution in [0.1, 0.15) is 37.0 Å². The van der Waals surface area contributed by atoms with Crippen molar-refractivity contribution in [3.8, 4) is 0 Å². The maximum Gasteiger partial charge on any atom is 0.254 e. The zero-order valence-electron chi connectivity index (χ0n) is 10.8. The van der Waals surface area contributed by atoms with E-state index in [0.29, 0.717) is 12.1 Å². The van der Waals surface area contributed by atoms with Crippen molar-refractivity contribution in [3.63, 3.8) is 0 Å². The molecule has 1 heterocycles. The van der Waals surface area contributed by atoms with Crippen molar-refractivity contribution in [3.05, 3.63) is 35.6 Å². The largest absolute Gasteiger partial charge is 0.332 e. The van der Waals surface area contributed by atoms with Crippen LogP contribution >= 0.6 is 0 Å². The molecular formula is C14H19FN2O. The van der Waals surface area contributed by atoms with E-state index in [1.54, 1.807) is 4.90 Å². The number of carbonyl (C=O) groups is 1. The normalized spacial score (nSPS) is 22.9. The van der Waals surface area contributed by atoms with Gasteiger partial charge in [0.25, 0.3) is 5.91 Å². The summed E-state index contributed by atoms with van der Waals surface area (Å²) < 4.78 is 12.9. The standard InChI is InChI=1S/C14H19FN2O/c1-14(2)12(16)4-3-9-17(14)13(18)10-5-7-11(15)8-6-10/h5-8,12H,3-4,9,16H2,1-2H3. The second kappa shape index (κ2) is 4.69. The summed E-state index contributed by atoms with van der Waals surface area (Å²) in [6.45, 7) is 4.67. The summed E-state index contributed by atoms with van der Waals surface area (Å²) >= 11 is 0. The molecule has 2 N–H and O–H groups in total. The zero-order valence-corrected chi connectivity index (χ0v) is 10.8. The van der Waals surface area contributed by atoms with Gasteiger partial charge in [0, 0.05) is 18.2 Å². The van der Waals surface area contributed by atoms with Crippen molar-refractivity contribution in [1.82, 2.24) is 4.90 Å². The van der Waals surface area contributed by atoms with Gasteiger partial charge < -0.3 is 10.6 Å². The predicted octanol–water partition coefficient (Wildman–Crippen LogP) is 2.17. The number of likely N-dealkylation sites (tertiary alicyclic amines) is 1. The third-order valence-corrected chi connectivity index (χ3v) is 3.84. The highest BCUT2D eigenvalue weighted by Crippen LogP contribution is 2.28. The molecule has 0 bridgehead atoms. The number of carbonyl (C=O) groups excluding carboxylic acids is 1. The molecule has 1 saturated heterocycles. The van der Waals surface area contributed by atoms with Gasteiger partial charge in [0.2, 0.25) is 0 Å². The summed E-state index contributed by atoms with van der Waals surface area (Å²) in [7, 11) is 0. The molecule has 1 fully saturated rings. The van der Waals surface area contributed by atoms with Gasteiger partial charge in [-0.15, -0.1) is 0 Å². The Morgan fingerprint density at radius 1 is 1.39 bits per heavy atom. The van der Waals surface area contributed by atoms with E-state index < -0.39 is 0 Å². The fraction of sp³-hybridized carbons (Fsp3) is 0.500. The maximum absolute atomic E-state index is 12.9. The minimum Gasteiger partial charge on any atom is -0.332 e. The molecule has 0 radical (unpaired) electrons. The lowest BCUT2D eigenvalue weighted by Gasteiger charge is -2.46. The van der Waals surface area contributed by atoms with Gasteiger partial charge in [-0.2, -0.15) is 0 Å². The van der Waals surface area contributed by atoms with Crippen molar-refractivity contribution in [2.45, 2.75) is 38.3 Å². The van der Waals surface area contributed by atoms with Crippen LogP contribution in [0.5, 0.6) is 0 Å². The minimum absolute atomic E-state index is 0.0179. The highest BCUT2D eigenvalue weighted by atomic mass is 19.1. The molecule has 1 aliphatic rings. The van der Waals surface area contributed by atoms with Gasteiger partial charge >= 0.3 is 0 Å². The zero-order chi connectivity index (χ0) is 13.3. The molecule has 0 aromatic heterocycles.